The lowest BCUT2D eigenvalue weighted by atomic mass is 9.61. The second-order valence-electron chi connectivity index (χ2n) is 9.56. The Bertz CT molecular complexity index is 584. The Labute approximate surface area is 164 Å². The predicted molar refractivity (Wildman–Crippen MR) is 88.1 cm³/mol. The minimum atomic E-state index is -6.96. The van der Waals surface area contributed by atoms with Gasteiger partial charge in [-0.2, -0.15) is 39.5 Å². The maximum absolute atomic E-state index is 13.6. The van der Waals surface area contributed by atoms with Crippen LogP contribution in [0.1, 0.15) is 61.3 Å². The second-order valence-corrected chi connectivity index (χ2v) is 9.56. The van der Waals surface area contributed by atoms with E-state index in [0.717, 1.165) is 0 Å². The van der Waals surface area contributed by atoms with Crippen LogP contribution in [0.25, 0.3) is 0 Å². The molecule has 0 aromatic carbocycles. The maximum atomic E-state index is 13.6. The number of carbonyl (C=O) groups excluding carboxylic acids is 1. The van der Waals surface area contributed by atoms with Gasteiger partial charge >= 0.3 is 29.9 Å². The summed E-state index contributed by atoms with van der Waals surface area (Å²) >= 11 is 0. The van der Waals surface area contributed by atoms with Crippen molar-refractivity contribution >= 4 is 5.97 Å². The van der Waals surface area contributed by atoms with Gasteiger partial charge in [0.25, 0.3) is 0 Å². The highest BCUT2D eigenvalue weighted by Gasteiger charge is 2.81. The number of hydrogen-bond donors (Lipinski definition) is 0. The molecule has 0 saturated carbocycles. The third-order valence-electron chi connectivity index (χ3n) is 4.85. The Morgan fingerprint density at radius 3 is 1.45 bits per heavy atom. The Morgan fingerprint density at radius 2 is 1.14 bits per heavy atom. The van der Waals surface area contributed by atoms with E-state index in [1.807, 2.05) is 0 Å². The molecule has 2 nitrogen and oxygen atoms in total. The van der Waals surface area contributed by atoms with Crippen LogP contribution >= 0.6 is 0 Å². The first-order valence-electron chi connectivity index (χ1n) is 8.71. The lowest BCUT2D eigenvalue weighted by Gasteiger charge is -2.43. The fraction of sp³-hybridized carbons (Fsp3) is 0.944. The predicted octanol–water partition coefficient (Wildman–Crippen LogP) is 6.88. The van der Waals surface area contributed by atoms with E-state index in [2.05, 4.69) is 4.74 Å². The van der Waals surface area contributed by atoms with Gasteiger partial charge < -0.3 is 4.74 Å². The highest BCUT2D eigenvalue weighted by Crippen LogP contribution is 2.54. The first-order valence-corrected chi connectivity index (χ1v) is 8.71. The molecule has 0 N–H and O–H groups in total. The van der Waals surface area contributed by atoms with Gasteiger partial charge in [-0.05, 0) is 24.2 Å². The normalized spacial score (nSPS) is 17.1. The molecule has 0 aromatic heterocycles. The highest BCUT2D eigenvalue weighted by atomic mass is 19.4. The topological polar surface area (TPSA) is 26.3 Å². The van der Waals surface area contributed by atoms with E-state index in [-0.39, 0.29) is 6.42 Å². The van der Waals surface area contributed by atoms with E-state index in [1.54, 1.807) is 41.5 Å². The van der Waals surface area contributed by atoms with Gasteiger partial charge in [-0.1, -0.05) is 41.5 Å². The molecule has 11 heteroatoms. The molecule has 0 aliphatic rings. The lowest BCUT2D eigenvalue weighted by molar-refractivity contribution is -0.397. The molecule has 0 fully saturated rings. The number of ether oxygens (including phenoxy) is 1. The molecule has 174 valence electrons. The summed E-state index contributed by atoms with van der Waals surface area (Å²) in [5.41, 5.74) is -2.45. The molecule has 0 aromatic rings. The molecule has 0 bridgehead atoms. The maximum Gasteiger partial charge on any atom is 0.460 e. The minimum absolute atomic E-state index is 0.209. The van der Waals surface area contributed by atoms with Crippen LogP contribution in [0, 0.1) is 16.2 Å². The average molecular weight is 446 g/mol. The molecule has 0 spiro atoms. The minimum Gasteiger partial charge on any atom is -0.465 e. The van der Waals surface area contributed by atoms with E-state index in [9.17, 15) is 44.3 Å². The van der Waals surface area contributed by atoms with Crippen molar-refractivity contribution in [1.29, 1.82) is 0 Å². The fourth-order valence-corrected chi connectivity index (χ4v) is 2.70. The van der Waals surface area contributed by atoms with Crippen molar-refractivity contribution in [3.63, 3.8) is 0 Å². The molecule has 1 unspecified atom stereocenters. The zero-order chi connectivity index (χ0) is 23.9. The quantitative estimate of drug-likeness (QED) is 0.315. The number of carbonyl (C=O) groups is 1. The largest absolute Gasteiger partial charge is 0.465 e. The van der Waals surface area contributed by atoms with Gasteiger partial charge in [0, 0.05) is 0 Å². The lowest BCUT2D eigenvalue weighted by Crippen LogP contribution is -2.61. The Hall–Kier alpha value is -1.16. The van der Waals surface area contributed by atoms with E-state index >= 15 is 0 Å². The van der Waals surface area contributed by atoms with Gasteiger partial charge in [0.2, 0.25) is 0 Å². The van der Waals surface area contributed by atoms with Crippen molar-refractivity contribution in [1.82, 2.24) is 0 Å². The molecule has 0 amide bonds. The molecule has 0 rings (SSSR count). The van der Waals surface area contributed by atoms with Crippen LogP contribution in [0.2, 0.25) is 0 Å². The Balaban J connectivity index is 5.46. The molecular formula is C18H27F9O2. The number of halogens is 9. The summed E-state index contributed by atoms with van der Waals surface area (Å²) in [6, 6.07) is 0. The van der Waals surface area contributed by atoms with Crippen LogP contribution in [0.15, 0.2) is 0 Å². The van der Waals surface area contributed by atoms with Crippen LogP contribution in [0.3, 0.4) is 0 Å². The first-order chi connectivity index (χ1) is 12.3. The molecule has 1 atom stereocenters. The smallest absolute Gasteiger partial charge is 0.460 e. The summed E-state index contributed by atoms with van der Waals surface area (Å²) in [4.78, 5) is 12.5. The van der Waals surface area contributed by atoms with Gasteiger partial charge in [0.05, 0.1) is 18.4 Å². The molecule has 29 heavy (non-hydrogen) atoms. The monoisotopic (exact) mass is 446 g/mol. The van der Waals surface area contributed by atoms with E-state index in [4.69, 9.17) is 0 Å². The summed E-state index contributed by atoms with van der Waals surface area (Å²) in [6.45, 7) is 10.4. The SMILES string of the molecule is CC(C)(C)CC(C)(C(=O)OCCC(F)(F)C(F)(F)C(F)(F)C(F)(F)F)C(C)(C)C. The van der Waals surface area contributed by atoms with Gasteiger partial charge in [-0.25, -0.2) is 0 Å². The Kier molecular flexibility index (Phi) is 7.52. The zero-order valence-corrected chi connectivity index (χ0v) is 17.3. The number of hydrogen-bond acceptors (Lipinski definition) is 2. The van der Waals surface area contributed by atoms with Crippen molar-refractivity contribution < 1.29 is 49.0 Å². The van der Waals surface area contributed by atoms with Crippen LogP contribution in [0.4, 0.5) is 39.5 Å². The number of esters is 1. The van der Waals surface area contributed by atoms with Gasteiger partial charge in [0.15, 0.2) is 0 Å². The third-order valence-corrected chi connectivity index (χ3v) is 4.85. The highest BCUT2D eigenvalue weighted by molar-refractivity contribution is 5.77. The van der Waals surface area contributed by atoms with Crippen molar-refractivity contribution in [2.75, 3.05) is 6.61 Å². The van der Waals surface area contributed by atoms with Crippen LogP contribution < -0.4 is 0 Å². The molecule has 0 heterocycles. The molecule has 0 aliphatic carbocycles. The fourth-order valence-electron chi connectivity index (χ4n) is 2.70. The van der Waals surface area contributed by atoms with Crippen LogP contribution in [-0.4, -0.2) is 36.5 Å². The summed E-state index contributed by atoms with van der Waals surface area (Å²) < 4.78 is 120. The van der Waals surface area contributed by atoms with Crippen molar-refractivity contribution in [2.45, 2.75) is 85.3 Å². The van der Waals surface area contributed by atoms with Gasteiger partial charge in [-0.15, -0.1) is 0 Å². The number of rotatable bonds is 7. The third kappa shape index (κ3) is 5.71. The summed E-state index contributed by atoms with van der Waals surface area (Å²) in [6.07, 6.45) is -8.87. The van der Waals surface area contributed by atoms with Crippen LogP contribution in [-0.2, 0) is 9.53 Å². The van der Waals surface area contributed by atoms with E-state index < -0.39 is 59.2 Å². The molecule has 0 radical (unpaired) electrons. The van der Waals surface area contributed by atoms with Crippen molar-refractivity contribution in [2.24, 2.45) is 16.2 Å². The van der Waals surface area contributed by atoms with E-state index in [1.165, 1.54) is 6.92 Å². The molecular weight excluding hydrogens is 419 g/mol. The standard InChI is InChI=1S/C18H27F9O2/c1-12(2,3)10-14(7,13(4,5)6)11(28)29-9-8-15(19,20)16(21,22)17(23,24)18(25,26)27/h8-10H2,1-7H3. The van der Waals surface area contributed by atoms with Crippen molar-refractivity contribution in [3.05, 3.63) is 0 Å². The van der Waals surface area contributed by atoms with Crippen molar-refractivity contribution in [3.8, 4) is 0 Å². The number of alkyl halides is 9. The van der Waals surface area contributed by atoms with Gasteiger partial charge in [-0.3, -0.25) is 4.79 Å². The Morgan fingerprint density at radius 1 is 0.724 bits per heavy atom. The van der Waals surface area contributed by atoms with Gasteiger partial charge in [0.1, 0.15) is 0 Å². The van der Waals surface area contributed by atoms with Crippen LogP contribution in [0.5, 0.6) is 0 Å². The average Bonchev–Trinajstić information content (AvgIpc) is 2.42. The molecule has 0 saturated heterocycles. The summed E-state index contributed by atoms with van der Waals surface area (Å²) in [5, 5.41) is 0. The van der Waals surface area contributed by atoms with E-state index in [0.29, 0.717) is 0 Å². The molecule has 0 aliphatic heterocycles. The first kappa shape index (κ1) is 27.8. The second kappa shape index (κ2) is 7.83. The zero-order valence-electron chi connectivity index (χ0n) is 17.3. The summed E-state index contributed by atoms with van der Waals surface area (Å²) in [7, 11) is 0. The summed E-state index contributed by atoms with van der Waals surface area (Å²) in [5.74, 6) is -20.5.